The van der Waals surface area contributed by atoms with Crippen LogP contribution >= 0.6 is 11.6 Å². The maximum atomic E-state index is 11.4. The van der Waals surface area contributed by atoms with Crippen molar-refractivity contribution in [3.63, 3.8) is 0 Å². The molecule has 0 unspecified atom stereocenters. The highest BCUT2D eigenvalue weighted by atomic mass is 35.5. The van der Waals surface area contributed by atoms with E-state index in [1.165, 1.54) is 0 Å². The van der Waals surface area contributed by atoms with Gasteiger partial charge in [-0.25, -0.2) is 13.4 Å². The molecule has 0 spiro atoms. The topological polar surface area (TPSA) is 56.3 Å². The number of methoxy groups -OCH3 is 1. The monoisotopic (exact) mass is 275 g/mol. The molecule has 0 aliphatic heterocycles. The van der Waals surface area contributed by atoms with E-state index in [1.807, 2.05) is 0 Å². The van der Waals surface area contributed by atoms with Gasteiger partial charge in [0.15, 0.2) is 14.9 Å². The summed E-state index contributed by atoms with van der Waals surface area (Å²) in [5, 5.41) is 0.268. The summed E-state index contributed by atoms with van der Waals surface area (Å²) in [5.41, 5.74) is 0.929. The summed E-state index contributed by atoms with van der Waals surface area (Å²) in [6, 6.07) is 3.34. The zero-order valence-corrected chi connectivity index (χ0v) is 11.3. The second kappa shape index (κ2) is 4.55. The molecule has 1 aliphatic carbocycles. The lowest BCUT2D eigenvalue weighted by molar-refractivity contribution is 0.0257. The van der Waals surface area contributed by atoms with Crippen molar-refractivity contribution >= 4 is 21.4 Å². The van der Waals surface area contributed by atoms with Crippen molar-refractivity contribution < 1.29 is 13.2 Å². The Morgan fingerprint density at radius 3 is 2.59 bits per heavy atom. The predicted octanol–water partition coefficient (Wildman–Crippen LogP) is 2.03. The first kappa shape index (κ1) is 12.8. The molecule has 1 heterocycles. The fourth-order valence-corrected chi connectivity index (χ4v) is 2.83. The Kier molecular flexibility index (Phi) is 3.43. The van der Waals surface area contributed by atoms with Crippen molar-refractivity contribution in [3.05, 3.63) is 22.8 Å². The number of sulfone groups is 1. The lowest BCUT2D eigenvalue weighted by atomic mass is 9.78. The zero-order valence-electron chi connectivity index (χ0n) is 9.68. The van der Waals surface area contributed by atoms with Gasteiger partial charge in [-0.1, -0.05) is 11.6 Å². The van der Waals surface area contributed by atoms with E-state index in [0.717, 1.165) is 24.7 Å². The van der Waals surface area contributed by atoms with Gasteiger partial charge < -0.3 is 4.74 Å². The molecule has 0 atom stereocenters. The number of ether oxygens (including phenoxy) is 1. The Balaban J connectivity index is 2.28. The molecule has 1 fully saturated rings. The SMILES string of the molecule is COC1CC(c2cc(Cl)nc(S(C)(=O)=O)c2)C1. The van der Waals surface area contributed by atoms with Crippen LogP contribution in [0.4, 0.5) is 0 Å². The molecule has 0 N–H and O–H groups in total. The van der Waals surface area contributed by atoms with E-state index in [-0.39, 0.29) is 16.3 Å². The van der Waals surface area contributed by atoms with Crippen LogP contribution in [0.1, 0.15) is 24.3 Å². The van der Waals surface area contributed by atoms with E-state index in [4.69, 9.17) is 16.3 Å². The molecule has 4 nitrogen and oxygen atoms in total. The van der Waals surface area contributed by atoms with Crippen LogP contribution in [-0.2, 0) is 14.6 Å². The Bertz CT molecular complexity index is 524. The third-order valence-corrected chi connectivity index (χ3v) is 4.23. The van der Waals surface area contributed by atoms with Gasteiger partial charge in [0.2, 0.25) is 0 Å². The second-order valence-corrected chi connectivity index (χ2v) is 6.71. The Morgan fingerprint density at radius 2 is 2.06 bits per heavy atom. The van der Waals surface area contributed by atoms with Crippen molar-refractivity contribution in [2.24, 2.45) is 0 Å². The highest BCUT2D eigenvalue weighted by Crippen LogP contribution is 2.39. The average Bonchev–Trinajstić information content (AvgIpc) is 2.13. The molecule has 1 aromatic heterocycles. The van der Waals surface area contributed by atoms with E-state index in [0.29, 0.717) is 5.92 Å². The fraction of sp³-hybridized carbons (Fsp3) is 0.545. The smallest absolute Gasteiger partial charge is 0.192 e. The quantitative estimate of drug-likeness (QED) is 0.792. The first-order chi connectivity index (χ1) is 7.90. The summed E-state index contributed by atoms with van der Waals surface area (Å²) in [7, 11) is -1.63. The first-order valence-corrected chi connectivity index (χ1v) is 7.57. The molecule has 1 saturated carbocycles. The molecule has 1 aliphatic rings. The maximum absolute atomic E-state index is 11.4. The van der Waals surface area contributed by atoms with Crippen LogP contribution in [0, 0.1) is 0 Å². The van der Waals surface area contributed by atoms with Crippen molar-refractivity contribution in [2.45, 2.75) is 29.9 Å². The van der Waals surface area contributed by atoms with Crippen molar-refractivity contribution in [3.8, 4) is 0 Å². The van der Waals surface area contributed by atoms with Gasteiger partial charge in [-0.3, -0.25) is 0 Å². The number of hydrogen-bond donors (Lipinski definition) is 0. The second-order valence-electron chi connectivity index (χ2n) is 4.36. The standard InChI is InChI=1S/C11H14ClNO3S/c1-16-9-3-7(4-9)8-5-10(12)13-11(6-8)17(2,14)15/h5-7,9H,3-4H2,1-2H3. The van der Waals surface area contributed by atoms with Gasteiger partial charge in [0, 0.05) is 13.4 Å². The lowest BCUT2D eigenvalue weighted by Crippen LogP contribution is -2.28. The van der Waals surface area contributed by atoms with Gasteiger partial charge in [0.05, 0.1) is 6.10 Å². The normalized spacial score (nSPS) is 24.4. The zero-order chi connectivity index (χ0) is 12.6. The number of halogens is 1. The largest absolute Gasteiger partial charge is 0.381 e. The first-order valence-electron chi connectivity index (χ1n) is 5.30. The number of rotatable bonds is 3. The van der Waals surface area contributed by atoms with E-state index in [1.54, 1.807) is 19.2 Å². The Labute approximate surface area is 106 Å². The van der Waals surface area contributed by atoms with Gasteiger partial charge >= 0.3 is 0 Å². The summed E-state index contributed by atoms with van der Waals surface area (Å²) in [4.78, 5) is 3.83. The summed E-state index contributed by atoms with van der Waals surface area (Å²) < 4.78 is 28.1. The van der Waals surface area contributed by atoms with Crippen LogP contribution in [0.5, 0.6) is 0 Å². The average molecular weight is 276 g/mol. The van der Waals surface area contributed by atoms with Crippen LogP contribution in [0.3, 0.4) is 0 Å². The minimum atomic E-state index is -3.31. The molecule has 0 bridgehead atoms. The number of hydrogen-bond acceptors (Lipinski definition) is 4. The van der Waals surface area contributed by atoms with Crippen LogP contribution in [0.15, 0.2) is 17.2 Å². The number of nitrogens with zero attached hydrogens (tertiary/aromatic N) is 1. The minimum absolute atomic E-state index is 0.0425. The van der Waals surface area contributed by atoms with Crippen molar-refractivity contribution in [1.82, 2.24) is 4.98 Å². The number of aromatic nitrogens is 1. The van der Waals surface area contributed by atoms with Crippen LogP contribution < -0.4 is 0 Å². The van der Waals surface area contributed by atoms with Crippen molar-refractivity contribution in [1.29, 1.82) is 0 Å². The van der Waals surface area contributed by atoms with Gasteiger partial charge in [-0.2, -0.15) is 0 Å². The molecule has 17 heavy (non-hydrogen) atoms. The summed E-state index contributed by atoms with van der Waals surface area (Å²) in [5.74, 6) is 0.320. The van der Waals surface area contributed by atoms with E-state index >= 15 is 0 Å². The third-order valence-electron chi connectivity index (χ3n) is 3.07. The van der Waals surface area contributed by atoms with Crippen LogP contribution in [-0.4, -0.2) is 32.9 Å². The van der Waals surface area contributed by atoms with Crippen LogP contribution in [0.2, 0.25) is 5.15 Å². The fourth-order valence-electron chi connectivity index (χ4n) is 1.95. The summed E-state index contributed by atoms with van der Waals surface area (Å²) in [6.45, 7) is 0. The van der Waals surface area contributed by atoms with Gasteiger partial charge in [0.25, 0.3) is 0 Å². The molecule has 94 valence electrons. The van der Waals surface area contributed by atoms with Gasteiger partial charge in [-0.15, -0.1) is 0 Å². The van der Waals surface area contributed by atoms with E-state index in [9.17, 15) is 8.42 Å². The number of pyridine rings is 1. The molecule has 6 heteroatoms. The molecular weight excluding hydrogens is 262 g/mol. The highest BCUT2D eigenvalue weighted by Gasteiger charge is 2.31. The van der Waals surface area contributed by atoms with E-state index < -0.39 is 9.84 Å². The molecule has 0 aromatic carbocycles. The predicted molar refractivity (Wildman–Crippen MR) is 65.1 cm³/mol. The van der Waals surface area contributed by atoms with E-state index in [2.05, 4.69) is 4.98 Å². The summed E-state index contributed by atoms with van der Waals surface area (Å²) in [6.07, 6.45) is 3.21. The van der Waals surface area contributed by atoms with Crippen LogP contribution in [0.25, 0.3) is 0 Å². The van der Waals surface area contributed by atoms with Gasteiger partial charge in [-0.05, 0) is 36.5 Å². The molecular formula is C11H14ClNO3S. The maximum Gasteiger partial charge on any atom is 0.192 e. The molecule has 1 aromatic rings. The molecule has 0 saturated heterocycles. The highest BCUT2D eigenvalue weighted by molar-refractivity contribution is 7.90. The summed E-state index contributed by atoms with van der Waals surface area (Å²) >= 11 is 5.84. The Morgan fingerprint density at radius 1 is 1.41 bits per heavy atom. The third kappa shape index (κ3) is 2.78. The molecule has 0 amide bonds. The van der Waals surface area contributed by atoms with Crippen molar-refractivity contribution in [2.75, 3.05) is 13.4 Å². The van der Waals surface area contributed by atoms with Gasteiger partial charge in [0.1, 0.15) is 5.15 Å². The minimum Gasteiger partial charge on any atom is -0.381 e. The molecule has 0 radical (unpaired) electrons. The molecule has 2 rings (SSSR count). The lowest BCUT2D eigenvalue weighted by Gasteiger charge is -2.34. The Hall–Kier alpha value is -0.650.